The van der Waals surface area contributed by atoms with Gasteiger partial charge in [0.1, 0.15) is 12.4 Å². The molecule has 8 nitrogen and oxygen atoms in total. The molecular weight excluding hydrogens is 367 g/mol. The van der Waals surface area contributed by atoms with Crippen LogP contribution in [-0.4, -0.2) is 47.6 Å². The molecule has 0 spiro atoms. The quantitative estimate of drug-likeness (QED) is 0.380. The summed E-state index contributed by atoms with van der Waals surface area (Å²) in [6.45, 7) is 2.31. The van der Waals surface area contributed by atoms with Gasteiger partial charge in [0.2, 0.25) is 5.91 Å². The number of urea groups is 1. The number of nitrogens with zero attached hydrogens (tertiary/aromatic N) is 1. The standard InChI is InChI=1S/C19H27FN4O4/c1-13(10-21-19(27)22-16-8-3-2-7-15(16)20)9-18(26)24(12-17(25)23-28)11-14-5-4-6-14/h2-3,7-8,13-14,28H,4-6,9-12H2,1H3,(H,23,25)(H2,21,22,27). The van der Waals surface area contributed by atoms with Crippen LogP contribution >= 0.6 is 0 Å². The highest BCUT2D eigenvalue weighted by Gasteiger charge is 2.26. The van der Waals surface area contributed by atoms with Crippen LogP contribution in [0, 0.1) is 17.7 Å². The van der Waals surface area contributed by atoms with Crippen LogP contribution in [0.5, 0.6) is 0 Å². The molecule has 9 heteroatoms. The summed E-state index contributed by atoms with van der Waals surface area (Å²) < 4.78 is 13.5. The Morgan fingerprint density at radius 2 is 2.00 bits per heavy atom. The first-order valence-corrected chi connectivity index (χ1v) is 9.39. The lowest BCUT2D eigenvalue weighted by Gasteiger charge is -2.32. The normalized spacial score (nSPS) is 14.5. The van der Waals surface area contributed by atoms with Crippen molar-refractivity contribution in [3.05, 3.63) is 30.1 Å². The van der Waals surface area contributed by atoms with Crippen LogP contribution in [0.15, 0.2) is 24.3 Å². The summed E-state index contributed by atoms with van der Waals surface area (Å²) in [7, 11) is 0. The van der Waals surface area contributed by atoms with E-state index in [-0.39, 0.29) is 37.0 Å². The van der Waals surface area contributed by atoms with Crippen LogP contribution in [-0.2, 0) is 9.59 Å². The lowest BCUT2D eigenvalue weighted by Crippen LogP contribution is -2.44. The Kier molecular flexibility index (Phi) is 8.19. The van der Waals surface area contributed by atoms with Crippen molar-refractivity contribution in [2.75, 3.05) is 25.0 Å². The molecule has 4 amide bonds. The second-order valence-electron chi connectivity index (χ2n) is 7.23. The third-order valence-electron chi connectivity index (χ3n) is 4.77. The number of benzene rings is 1. The van der Waals surface area contributed by atoms with Gasteiger partial charge in [-0.1, -0.05) is 25.5 Å². The Labute approximate surface area is 163 Å². The van der Waals surface area contributed by atoms with Gasteiger partial charge in [-0.25, -0.2) is 14.7 Å². The Morgan fingerprint density at radius 1 is 1.29 bits per heavy atom. The van der Waals surface area contributed by atoms with Crippen molar-refractivity contribution >= 4 is 23.5 Å². The van der Waals surface area contributed by atoms with Crippen LogP contribution < -0.4 is 16.1 Å². The fourth-order valence-corrected chi connectivity index (χ4v) is 2.95. The SMILES string of the molecule is CC(CNC(=O)Nc1ccccc1F)CC(=O)N(CC(=O)NO)CC1CCC1. The van der Waals surface area contributed by atoms with Gasteiger partial charge in [0.25, 0.3) is 5.91 Å². The molecule has 28 heavy (non-hydrogen) atoms. The maximum absolute atomic E-state index is 13.5. The van der Waals surface area contributed by atoms with Gasteiger partial charge in [0, 0.05) is 19.5 Å². The third-order valence-corrected chi connectivity index (χ3v) is 4.77. The number of carbonyl (C=O) groups excluding carboxylic acids is 3. The molecule has 1 atom stereocenters. The van der Waals surface area contributed by atoms with Crippen LogP contribution in [0.1, 0.15) is 32.6 Å². The van der Waals surface area contributed by atoms with Gasteiger partial charge in [-0.2, -0.15) is 0 Å². The molecule has 1 aromatic carbocycles. The molecule has 1 fully saturated rings. The van der Waals surface area contributed by atoms with E-state index in [2.05, 4.69) is 10.6 Å². The Hall–Kier alpha value is -2.68. The number of halogens is 1. The first-order valence-electron chi connectivity index (χ1n) is 9.39. The van der Waals surface area contributed by atoms with Crippen LogP contribution in [0.4, 0.5) is 14.9 Å². The minimum Gasteiger partial charge on any atom is -0.338 e. The van der Waals surface area contributed by atoms with Gasteiger partial charge >= 0.3 is 6.03 Å². The summed E-state index contributed by atoms with van der Waals surface area (Å²) in [5, 5.41) is 13.7. The molecule has 0 heterocycles. The minimum atomic E-state index is -0.636. The fraction of sp³-hybridized carbons (Fsp3) is 0.526. The number of carbonyl (C=O) groups is 3. The van der Waals surface area contributed by atoms with Crippen molar-refractivity contribution in [2.24, 2.45) is 11.8 Å². The van der Waals surface area contributed by atoms with Crippen molar-refractivity contribution in [1.82, 2.24) is 15.7 Å². The highest BCUT2D eigenvalue weighted by Crippen LogP contribution is 2.27. The van der Waals surface area contributed by atoms with Crippen LogP contribution in [0.2, 0.25) is 0 Å². The van der Waals surface area contributed by atoms with Gasteiger partial charge in [-0.15, -0.1) is 0 Å². The average Bonchev–Trinajstić information content (AvgIpc) is 2.63. The maximum Gasteiger partial charge on any atom is 0.319 e. The van der Waals surface area contributed by atoms with Crippen LogP contribution in [0.3, 0.4) is 0 Å². The zero-order chi connectivity index (χ0) is 20.5. The summed E-state index contributed by atoms with van der Waals surface area (Å²) in [6, 6.07) is 5.27. The molecule has 154 valence electrons. The predicted molar refractivity (Wildman–Crippen MR) is 101 cm³/mol. The molecular formula is C19H27FN4O4. The van der Waals surface area contributed by atoms with Gasteiger partial charge in [-0.05, 0) is 36.8 Å². The molecule has 1 aromatic rings. The predicted octanol–water partition coefficient (Wildman–Crippen LogP) is 2.11. The summed E-state index contributed by atoms with van der Waals surface area (Å²) >= 11 is 0. The lowest BCUT2D eigenvalue weighted by atomic mass is 9.85. The van der Waals surface area contributed by atoms with Crippen molar-refractivity contribution in [2.45, 2.75) is 32.6 Å². The Balaban J connectivity index is 1.79. The lowest BCUT2D eigenvalue weighted by molar-refractivity contribution is -0.140. The van der Waals surface area contributed by atoms with E-state index in [9.17, 15) is 18.8 Å². The average molecular weight is 394 g/mol. The van der Waals surface area contributed by atoms with E-state index in [1.54, 1.807) is 18.5 Å². The summed E-state index contributed by atoms with van der Waals surface area (Å²) in [5.41, 5.74) is 1.63. The van der Waals surface area contributed by atoms with Gasteiger partial charge in [0.15, 0.2) is 0 Å². The van der Waals surface area contributed by atoms with E-state index in [1.165, 1.54) is 23.1 Å². The first-order chi connectivity index (χ1) is 13.4. The highest BCUT2D eigenvalue weighted by molar-refractivity contribution is 5.89. The number of para-hydroxylation sites is 1. The molecule has 1 unspecified atom stereocenters. The molecule has 2 rings (SSSR count). The summed E-state index contributed by atoms with van der Waals surface area (Å²) in [4.78, 5) is 37.4. The number of hydrogen-bond donors (Lipinski definition) is 4. The first kappa shape index (κ1) is 21.6. The van der Waals surface area contributed by atoms with Gasteiger partial charge in [-0.3, -0.25) is 14.8 Å². The molecule has 0 aliphatic heterocycles. The summed E-state index contributed by atoms with van der Waals surface area (Å²) in [6.07, 6.45) is 3.32. The Morgan fingerprint density at radius 3 is 2.61 bits per heavy atom. The minimum absolute atomic E-state index is 0.0745. The second kappa shape index (κ2) is 10.6. The molecule has 0 saturated heterocycles. The van der Waals surface area contributed by atoms with Gasteiger partial charge < -0.3 is 15.5 Å². The fourth-order valence-electron chi connectivity index (χ4n) is 2.95. The molecule has 4 N–H and O–H groups in total. The van der Waals surface area contributed by atoms with Crippen molar-refractivity contribution < 1.29 is 24.0 Å². The maximum atomic E-state index is 13.5. The molecule has 0 radical (unpaired) electrons. The number of hydrogen-bond acceptors (Lipinski definition) is 4. The van der Waals surface area contributed by atoms with E-state index >= 15 is 0 Å². The second-order valence-corrected chi connectivity index (χ2v) is 7.23. The zero-order valence-electron chi connectivity index (χ0n) is 15.9. The van der Waals surface area contributed by atoms with Crippen molar-refractivity contribution in [1.29, 1.82) is 0 Å². The van der Waals surface area contributed by atoms with E-state index < -0.39 is 17.8 Å². The van der Waals surface area contributed by atoms with Crippen LogP contribution in [0.25, 0.3) is 0 Å². The molecule has 0 bridgehead atoms. The smallest absolute Gasteiger partial charge is 0.319 e. The topological polar surface area (TPSA) is 111 Å². The van der Waals surface area contributed by atoms with Crippen molar-refractivity contribution in [3.8, 4) is 0 Å². The highest BCUT2D eigenvalue weighted by atomic mass is 19.1. The zero-order valence-corrected chi connectivity index (χ0v) is 15.9. The van der Waals surface area contributed by atoms with E-state index in [0.29, 0.717) is 12.5 Å². The van der Waals surface area contributed by atoms with Gasteiger partial charge in [0.05, 0.1) is 5.69 Å². The molecule has 0 aromatic heterocycles. The molecule has 1 saturated carbocycles. The monoisotopic (exact) mass is 394 g/mol. The number of amides is 4. The largest absolute Gasteiger partial charge is 0.338 e. The van der Waals surface area contributed by atoms with E-state index in [1.807, 2.05) is 0 Å². The number of rotatable bonds is 9. The Bertz CT molecular complexity index is 696. The summed E-state index contributed by atoms with van der Waals surface area (Å²) in [5.74, 6) is -1.17. The number of anilines is 1. The molecule has 1 aliphatic rings. The van der Waals surface area contributed by atoms with E-state index in [0.717, 1.165) is 19.3 Å². The van der Waals surface area contributed by atoms with Crippen molar-refractivity contribution in [3.63, 3.8) is 0 Å². The van der Waals surface area contributed by atoms with E-state index in [4.69, 9.17) is 5.21 Å². The number of hydroxylamine groups is 1. The third kappa shape index (κ3) is 6.80. The number of nitrogens with one attached hydrogen (secondary N) is 3. The molecule has 1 aliphatic carbocycles.